The van der Waals surface area contributed by atoms with Gasteiger partial charge in [-0.3, -0.25) is 9.59 Å². The predicted octanol–water partition coefficient (Wildman–Crippen LogP) is 3.81. The van der Waals surface area contributed by atoms with Gasteiger partial charge in [-0.2, -0.15) is 0 Å². The number of hydrogen-bond acceptors (Lipinski definition) is 3. The lowest BCUT2D eigenvalue weighted by Crippen LogP contribution is -2.32. The monoisotopic (exact) mass is 375 g/mol. The molecular formula is C19H19ClFN3O2. The number of anilines is 2. The summed E-state index contributed by atoms with van der Waals surface area (Å²) in [5.41, 5.74) is 1.72. The van der Waals surface area contributed by atoms with E-state index in [2.05, 4.69) is 16.0 Å². The van der Waals surface area contributed by atoms with Crippen molar-refractivity contribution < 1.29 is 14.0 Å². The van der Waals surface area contributed by atoms with Crippen molar-refractivity contribution in [2.75, 3.05) is 10.6 Å². The van der Waals surface area contributed by atoms with Crippen LogP contribution in [0.5, 0.6) is 0 Å². The molecule has 2 amide bonds. The standard InChI is InChI=1S/C19H19ClFN3O2/c1-11(18(25)24-15-8-9-17(21)16(20)10-15)22-13-4-2-12(3-5-13)19(26)23-14-6-7-14/h2-5,8-11,14,22H,6-7H2,1H3,(H,23,26)(H,24,25). The minimum Gasteiger partial charge on any atom is -0.374 e. The molecular weight excluding hydrogens is 357 g/mol. The van der Waals surface area contributed by atoms with Crippen LogP contribution in [-0.2, 0) is 4.79 Å². The average Bonchev–Trinajstić information content (AvgIpc) is 3.42. The quantitative estimate of drug-likeness (QED) is 0.719. The van der Waals surface area contributed by atoms with Gasteiger partial charge in [0.25, 0.3) is 5.91 Å². The summed E-state index contributed by atoms with van der Waals surface area (Å²) in [6.45, 7) is 1.70. The number of rotatable bonds is 6. The lowest BCUT2D eigenvalue weighted by molar-refractivity contribution is -0.116. The van der Waals surface area contributed by atoms with Crippen molar-refractivity contribution in [2.45, 2.75) is 31.8 Å². The van der Waals surface area contributed by atoms with Crippen LogP contribution in [0.4, 0.5) is 15.8 Å². The Bertz CT molecular complexity index is 822. The lowest BCUT2D eigenvalue weighted by atomic mass is 10.1. The van der Waals surface area contributed by atoms with E-state index >= 15 is 0 Å². The summed E-state index contributed by atoms with van der Waals surface area (Å²) in [7, 11) is 0. The lowest BCUT2D eigenvalue weighted by Gasteiger charge is -2.16. The van der Waals surface area contributed by atoms with Crippen molar-refractivity contribution >= 4 is 34.8 Å². The van der Waals surface area contributed by atoms with Crippen molar-refractivity contribution in [2.24, 2.45) is 0 Å². The third-order valence-electron chi connectivity index (χ3n) is 4.02. The maximum atomic E-state index is 13.2. The average molecular weight is 376 g/mol. The molecule has 7 heteroatoms. The maximum Gasteiger partial charge on any atom is 0.251 e. The molecule has 0 bridgehead atoms. The number of halogens is 2. The molecule has 1 unspecified atom stereocenters. The zero-order valence-corrected chi connectivity index (χ0v) is 14.9. The number of nitrogens with one attached hydrogen (secondary N) is 3. The van der Waals surface area contributed by atoms with Crippen LogP contribution in [0.2, 0.25) is 5.02 Å². The van der Waals surface area contributed by atoms with E-state index < -0.39 is 11.9 Å². The Morgan fingerprint density at radius 1 is 1.12 bits per heavy atom. The van der Waals surface area contributed by atoms with Gasteiger partial charge >= 0.3 is 0 Å². The zero-order valence-electron chi connectivity index (χ0n) is 14.2. The van der Waals surface area contributed by atoms with Crippen molar-refractivity contribution in [1.82, 2.24) is 5.32 Å². The van der Waals surface area contributed by atoms with Crippen molar-refractivity contribution in [1.29, 1.82) is 0 Å². The minimum atomic E-state index is -0.540. The van der Waals surface area contributed by atoms with Gasteiger partial charge in [-0.15, -0.1) is 0 Å². The highest BCUT2D eigenvalue weighted by Crippen LogP contribution is 2.21. The molecule has 3 rings (SSSR count). The van der Waals surface area contributed by atoms with E-state index in [4.69, 9.17) is 11.6 Å². The molecule has 0 aliphatic heterocycles. The highest BCUT2D eigenvalue weighted by atomic mass is 35.5. The fraction of sp³-hybridized carbons (Fsp3) is 0.263. The molecule has 1 aliphatic rings. The second kappa shape index (κ2) is 7.74. The molecule has 1 saturated carbocycles. The first-order valence-electron chi connectivity index (χ1n) is 8.36. The van der Waals surface area contributed by atoms with Crippen molar-refractivity contribution in [3.63, 3.8) is 0 Å². The summed E-state index contributed by atoms with van der Waals surface area (Å²) in [4.78, 5) is 24.2. The molecule has 2 aromatic rings. The second-order valence-electron chi connectivity index (χ2n) is 6.31. The number of amides is 2. The van der Waals surface area contributed by atoms with Gasteiger partial charge in [-0.05, 0) is 62.2 Å². The smallest absolute Gasteiger partial charge is 0.251 e. The number of carbonyl (C=O) groups excluding carboxylic acids is 2. The topological polar surface area (TPSA) is 70.2 Å². The Labute approximate surface area is 155 Å². The van der Waals surface area contributed by atoms with Gasteiger partial charge in [0.2, 0.25) is 5.91 Å². The normalized spacial score (nSPS) is 14.4. The molecule has 136 valence electrons. The van der Waals surface area contributed by atoms with Crippen LogP contribution in [-0.4, -0.2) is 23.9 Å². The Morgan fingerprint density at radius 3 is 2.38 bits per heavy atom. The Hall–Kier alpha value is -2.60. The van der Waals surface area contributed by atoms with E-state index in [1.54, 1.807) is 31.2 Å². The molecule has 5 nitrogen and oxygen atoms in total. The van der Waals surface area contributed by atoms with Gasteiger partial charge in [0, 0.05) is 23.0 Å². The molecule has 2 aromatic carbocycles. The number of hydrogen-bond donors (Lipinski definition) is 3. The third-order valence-corrected chi connectivity index (χ3v) is 4.31. The molecule has 0 saturated heterocycles. The number of carbonyl (C=O) groups is 2. The Morgan fingerprint density at radius 2 is 1.77 bits per heavy atom. The molecule has 26 heavy (non-hydrogen) atoms. The fourth-order valence-electron chi connectivity index (χ4n) is 2.35. The van der Waals surface area contributed by atoms with Crippen LogP contribution in [0, 0.1) is 5.82 Å². The van der Waals surface area contributed by atoms with Crippen LogP contribution in [0.1, 0.15) is 30.1 Å². The van der Waals surface area contributed by atoms with E-state index in [0.717, 1.165) is 12.8 Å². The molecule has 0 aromatic heterocycles. The van der Waals surface area contributed by atoms with Crippen LogP contribution in [0.25, 0.3) is 0 Å². The van der Waals surface area contributed by atoms with Gasteiger partial charge in [0.15, 0.2) is 0 Å². The highest BCUT2D eigenvalue weighted by molar-refractivity contribution is 6.31. The fourth-order valence-corrected chi connectivity index (χ4v) is 2.53. The first-order valence-corrected chi connectivity index (χ1v) is 8.73. The van der Waals surface area contributed by atoms with E-state index in [1.165, 1.54) is 18.2 Å². The summed E-state index contributed by atoms with van der Waals surface area (Å²) in [6.07, 6.45) is 2.08. The molecule has 0 spiro atoms. The van der Waals surface area contributed by atoms with E-state index in [1.807, 2.05) is 0 Å². The van der Waals surface area contributed by atoms with Gasteiger partial charge < -0.3 is 16.0 Å². The molecule has 3 N–H and O–H groups in total. The summed E-state index contributed by atoms with van der Waals surface area (Å²) in [6, 6.07) is 10.7. The number of benzene rings is 2. The summed E-state index contributed by atoms with van der Waals surface area (Å²) >= 11 is 5.71. The van der Waals surface area contributed by atoms with Gasteiger partial charge in [0.1, 0.15) is 11.9 Å². The van der Waals surface area contributed by atoms with E-state index in [-0.39, 0.29) is 16.8 Å². The Kier molecular flexibility index (Phi) is 5.42. The third kappa shape index (κ3) is 4.73. The second-order valence-corrected chi connectivity index (χ2v) is 6.72. The highest BCUT2D eigenvalue weighted by Gasteiger charge is 2.23. The summed E-state index contributed by atoms with van der Waals surface area (Å²) in [5, 5.41) is 8.60. The minimum absolute atomic E-state index is 0.0523. The molecule has 1 aliphatic carbocycles. The van der Waals surface area contributed by atoms with E-state index in [9.17, 15) is 14.0 Å². The zero-order chi connectivity index (χ0) is 18.7. The maximum absolute atomic E-state index is 13.2. The van der Waals surface area contributed by atoms with Gasteiger partial charge in [-0.1, -0.05) is 11.6 Å². The largest absolute Gasteiger partial charge is 0.374 e. The van der Waals surface area contributed by atoms with E-state index in [0.29, 0.717) is 23.0 Å². The van der Waals surface area contributed by atoms with Crippen LogP contribution in [0.3, 0.4) is 0 Å². The van der Waals surface area contributed by atoms with Gasteiger partial charge in [0.05, 0.1) is 5.02 Å². The SMILES string of the molecule is CC(Nc1ccc(C(=O)NC2CC2)cc1)C(=O)Nc1ccc(F)c(Cl)c1. The molecule has 0 radical (unpaired) electrons. The first kappa shape index (κ1) is 18.2. The van der Waals surface area contributed by atoms with Crippen LogP contribution in [0.15, 0.2) is 42.5 Å². The van der Waals surface area contributed by atoms with Crippen LogP contribution >= 0.6 is 11.6 Å². The summed E-state index contributed by atoms with van der Waals surface area (Å²) in [5.74, 6) is -0.914. The molecule has 1 fully saturated rings. The van der Waals surface area contributed by atoms with Gasteiger partial charge in [-0.25, -0.2) is 4.39 Å². The van der Waals surface area contributed by atoms with Crippen molar-refractivity contribution in [3.05, 3.63) is 58.9 Å². The molecule has 1 atom stereocenters. The first-order chi connectivity index (χ1) is 12.4. The Balaban J connectivity index is 1.56. The summed E-state index contributed by atoms with van der Waals surface area (Å²) < 4.78 is 13.2. The van der Waals surface area contributed by atoms with Crippen molar-refractivity contribution in [3.8, 4) is 0 Å². The predicted molar refractivity (Wildman–Crippen MR) is 100 cm³/mol. The van der Waals surface area contributed by atoms with Crippen LogP contribution < -0.4 is 16.0 Å². The molecule has 0 heterocycles.